The van der Waals surface area contributed by atoms with Gasteiger partial charge in [-0.05, 0) is 33.9 Å². The molecule has 22 heavy (non-hydrogen) atoms. The molecule has 1 heterocycles. The van der Waals surface area contributed by atoms with Gasteiger partial charge in [-0.2, -0.15) is 0 Å². The van der Waals surface area contributed by atoms with Crippen molar-refractivity contribution in [1.82, 2.24) is 5.32 Å². The minimum absolute atomic E-state index is 0.227. The van der Waals surface area contributed by atoms with Crippen LogP contribution >= 0.6 is 0 Å². The first-order valence-electron chi connectivity index (χ1n) is 6.30. The maximum atomic E-state index is 11.8. The molecule has 0 aromatic heterocycles. The normalized spacial score (nSPS) is 12.4. The number of amides is 3. The van der Waals surface area contributed by atoms with Crippen molar-refractivity contribution in [2.24, 2.45) is 5.11 Å². The van der Waals surface area contributed by atoms with E-state index in [-0.39, 0.29) is 11.1 Å². The lowest BCUT2D eigenvalue weighted by atomic mass is 9.96. The van der Waals surface area contributed by atoms with E-state index in [4.69, 9.17) is 5.53 Å². The van der Waals surface area contributed by atoms with Gasteiger partial charge in [-0.15, -0.1) is 0 Å². The molecule has 7 heteroatoms. The Labute approximate surface area is 124 Å². The third-order valence-electron chi connectivity index (χ3n) is 3.34. The molecule has 1 aliphatic rings. The molecule has 0 unspecified atom stereocenters. The van der Waals surface area contributed by atoms with Gasteiger partial charge in [0.2, 0.25) is 5.91 Å². The van der Waals surface area contributed by atoms with Gasteiger partial charge in [0.05, 0.1) is 11.1 Å². The number of carbonyl (C=O) groups is 3. The van der Waals surface area contributed by atoms with E-state index >= 15 is 0 Å². The monoisotopic (exact) mass is 292 g/mol. The molecule has 2 aromatic carbocycles. The number of hydrogen-bond donors (Lipinski definition) is 1. The van der Waals surface area contributed by atoms with E-state index in [1.807, 2.05) is 0 Å². The molecular weight excluding hydrogens is 284 g/mol. The van der Waals surface area contributed by atoms with Crippen molar-refractivity contribution in [3.05, 3.63) is 69.6 Å². The van der Waals surface area contributed by atoms with Gasteiger partial charge in [0.15, 0.2) is 0 Å². The molecule has 2 aromatic rings. The molecule has 0 saturated carbocycles. The molecule has 0 fully saturated rings. The fourth-order valence-electron chi connectivity index (χ4n) is 2.35. The van der Waals surface area contributed by atoms with Gasteiger partial charge >= 0.3 is 0 Å². The Kier molecular flexibility index (Phi) is 3.17. The number of nitrogens with zero attached hydrogens (tertiary/aromatic N) is 3. The highest BCUT2D eigenvalue weighted by Gasteiger charge is 2.27. The minimum atomic E-state index is -0.709. The number of benzene rings is 2. The van der Waals surface area contributed by atoms with Crippen LogP contribution in [0.5, 0.6) is 0 Å². The fourth-order valence-corrected chi connectivity index (χ4v) is 2.35. The average molecular weight is 292 g/mol. The molecule has 0 aliphatic carbocycles. The van der Waals surface area contributed by atoms with E-state index in [0.29, 0.717) is 16.7 Å². The van der Waals surface area contributed by atoms with Crippen LogP contribution in [0.25, 0.3) is 21.6 Å². The van der Waals surface area contributed by atoms with Crippen LogP contribution < -0.4 is 5.32 Å². The van der Waals surface area contributed by atoms with Gasteiger partial charge in [-0.25, -0.2) is 0 Å². The Bertz CT molecular complexity index is 882. The maximum Gasteiger partial charge on any atom is 0.258 e. The predicted molar refractivity (Wildman–Crippen MR) is 77.2 cm³/mol. The summed E-state index contributed by atoms with van der Waals surface area (Å²) in [5.74, 6) is -1.62. The lowest BCUT2D eigenvalue weighted by Gasteiger charge is -2.07. The molecule has 0 atom stereocenters. The lowest BCUT2D eigenvalue weighted by molar-refractivity contribution is 0.0878. The van der Waals surface area contributed by atoms with Crippen LogP contribution in [-0.4, -0.2) is 17.7 Å². The van der Waals surface area contributed by atoms with E-state index in [1.54, 1.807) is 24.3 Å². The number of hydrogen-bond acceptors (Lipinski definition) is 3. The van der Waals surface area contributed by atoms with Crippen LogP contribution in [0.4, 0.5) is 0 Å². The van der Waals surface area contributed by atoms with Gasteiger partial charge in [0, 0.05) is 10.5 Å². The zero-order valence-electron chi connectivity index (χ0n) is 11.1. The molecule has 3 rings (SSSR count). The van der Waals surface area contributed by atoms with Gasteiger partial charge in [0.1, 0.15) is 0 Å². The van der Waals surface area contributed by atoms with Gasteiger partial charge < -0.3 is 0 Å². The Morgan fingerprint density at radius 1 is 1.00 bits per heavy atom. The van der Waals surface area contributed by atoms with Crippen molar-refractivity contribution in [1.29, 1.82) is 0 Å². The van der Waals surface area contributed by atoms with Crippen LogP contribution in [-0.2, 0) is 0 Å². The second-order valence-electron chi connectivity index (χ2n) is 4.58. The third-order valence-corrected chi connectivity index (χ3v) is 3.34. The topological polar surface area (TPSA) is 112 Å². The molecular formula is C15H8N4O3. The van der Waals surface area contributed by atoms with Crippen molar-refractivity contribution >= 4 is 17.7 Å². The molecule has 0 bridgehead atoms. The SMILES string of the molecule is [N-]=[N+]=NC(=O)c1ccccc1-c1ccc2c(c1)C(=O)NC2=O. The average Bonchev–Trinajstić information content (AvgIpc) is 2.82. The fraction of sp³-hybridized carbons (Fsp3) is 0. The number of fused-ring (bicyclic) bond motifs is 1. The van der Waals surface area contributed by atoms with E-state index in [2.05, 4.69) is 15.3 Å². The van der Waals surface area contributed by atoms with Gasteiger partial charge in [-0.1, -0.05) is 30.3 Å². The summed E-state index contributed by atoms with van der Waals surface area (Å²) >= 11 is 0. The summed E-state index contributed by atoms with van der Waals surface area (Å²) in [6.45, 7) is 0. The number of imide groups is 1. The Hall–Kier alpha value is -3.44. The van der Waals surface area contributed by atoms with Crippen molar-refractivity contribution in [2.45, 2.75) is 0 Å². The lowest BCUT2D eigenvalue weighted by Crippen LogP contribution is -2.19. The van der Waals surface area contributed by atoms with Crippen molar-refractivity contribution in [3.8, 4) is 11.1 Å². The van der Waals surface area contributed by atoms with Gasteiger partial charge in [0.25, 0.3) is 11.8 Å². The van der Waals surface area contributed by atoms with Crippen LogP contribution in [0.15, 0.2) is 47.6 Å². The summed E-state index contributed by atoms with van der Waals surface area (Å²) in [6, 6.07) is 11.3. The highest BCUT2D eigenvalue weighted by molar-refractivity contribution is 6.22. The summed E-state index contributed by atoms with van der Waals surface area (Å²) in [5, 5.41) is 5.30. The standard InChI is InChI=1S/C15H8N4O3/c16-19-18-15(22)10-4-2-1-3-9(10)8-5-6-11-12(7-8)14(21)17-13(11)20/h1-7H,(H,17,20,21). The first-order chi connectivity index (χ1) is 10.6. The summed E-state index contributed by atoms with van der Waals surface area (Å²) in [6.07, 6.45) is 0. The van der Waals surface area contributed by atoms with Crippen LogP contribution in [0.1, 0.15) is 31.1 Å². The third kappa shape index (κ3) is 2.11. The quantitative estimate of drug-likeness (QED) is 0.397. The van der Waals surface area contributed by atoms with E-state index in [9.17, 15) is 14.4 Å². The number of nitrogens with one attached hydrogen (secondary N) is 1. The van der Waals surface area contributed by atoms with Crippen LogP contribution in [0.3, 0.4) is 0 Å². The number of rotatable bonds is 2. The molecule has 1 aliphatic heterocycles. The Morgan fingerprint density at radius 3 is 2.50 bits per heavy atom. The zero-order valence-corrected chi connectivity index (χ0v) is 11.1. The molecule has 0 spiro atoms. The molecule has 0 saturated heterocycles. The van der Waals surface area contributed by atoms with Crippen LogP contribution in [0, 0.1) is 0 Å². The second-order valence-corrected chi connectivity index (χ2v) is 4.58. The van der Waals surface area contributed by atoms with E-state index in [1.165, 1.54) is 18.2 Å². The minimum Gasteiger partial charge on any atom is -0.288 e. The van der Waals surface area contributed by atoms with E-state index in [0.717, 1.165) is 0 Å². The summed E-state index contributed by atoms with van der Waals surface area (Å²) < 4.78 is 0. The number of azide groups is 1. The van der Waals surface area contributed by atoms with Gasteiger partial charge in [-0.3, -0.25) is 19.7 Å². The van der Waals surface area contributed by atoms with E-state index < -0.39 is 17.7 Å². The summed E-state index contributed by atoms with van der Waals surface area (Å²) in [4.78, 5) is 37.6. The van der Waals surface area contributed by atoms with Crippen molar-refractivity contribution in [3.63, 3.8) is 0 Å². The van der Waals surface area contributed by atoms with Crippen LogP contribution in [0.2, 0.25) is 0 Å². The molecule has 106 valence electrons. The molecule has 1 N–H and O–H groups in total. The Morgan fingerprint density at radius 2 is 1.73 bits per heavy atom. The molecule has 0 radical (unpaired) electrons. The van der Waals surface area contributed by atoms with Crippen molar-refractivity contribution < 1.29 is 14.4 Å². The highest BCUT2D eigenvalue weighted by Crippen LogP contribution is 2.28. The Balaban J connectivity index is 2.16. The molecule has 3 amide bonds. The zero-order chi connectivity index (χ0) is 15.7. The smallest absolute Gasteiger partial charge is 0.258 e. The highest BCUT2D eigenvalue weighted by atomic mass is 16.2. The summed E-state index contributed by atoms with van der Waals surface area (Å²) in [5.41, 5.74) is 10.3. The van der Waals surface area contributed by atoms with Crippen molar-refractivity contribution in [2.75, 3.05) is 0 Å². The first-order valence-corrected chi connectivity index (χ1v) is 6.30. The molecule has 7 nitrogen and oxygen atoms in total. The predicted octanol–water partition coefficient (Wildman–Crippen LogP) is 2.69. The first kappa shape index (κ1) is 13.5. The largest absolute Gasteiger partial charge is 0.288 e. The number of carbonyl (C=O) groups excluding carboxylic acids is 3. The second kappa shape index (κ2) is 5.16. The maximum absolute atomic E-state index is 11.8. The summed E-state index contributed by atoms with van der Waals surface area (Å²) in [7, 11) is 0.